The molecule has 3 aromatic carbocycles. The van der Waals surface area contributed by atoms with E-state index in [1.807, 2.05) is 6.07 Å². The number of nitrogens with one attached hydrogen (secondary N) is 3. The Hall–Kier alpha value is -3.89. The van der Waals surface area contributed by atoms with E-state index in [0.717, 1.165) is 4.47 Å². The number of rotatable bonds is 10. The van der Waals surface area contributed by atoms with Crippen molar-refractivity contribution in [2.45, 2.75) is 19.3 Å². The number of ether oxygens (including phenoxy) is 2. The maximum atomic E-state index is 12.1. The summed E-state index contributed by atoms with van der Waals surface area (Å²) in [5.41, 5.74) is 5.31. The summed E-state index contributed by atoms with van der Waals surface area (Å²) in [6.45, 7) is -0.561. The molecule has 3 amide bonds. The predicted octanol–water partition coefficient (Wildman–Crippen LogP) is 5.01. The molecular formula is C26H23BrClN3O6. The second kappa shape index (κ2) is 14.0. The Morgan fingerprint density at radius 1 is 0.811 bits per heavy atom. The Kier molecular flexibility index (Phi) is 10.5. The van der Waals surface area contributed by atoms with Crippen molar-refractivity contribution in [3.05, 3.63) is 87.9 Å². The van der Waals surface area contributed by atoms with Gasteiger partial charge in [-0.2, -0.15) is 0 Å². The first-order valence-corrected chi connectivity index (χ1v) is 12.3. The molecule has 0 saturated carbocycles. The second-order valence-corrected chi connectivity index (χ2v) is 8.95. The molecule has 0 aromatic heterocycles. The third-order valence-electron chi connectivity index (χ3n) is 4.77. The molecule has 3 N–H and O–H groups in total. The lowest BCUT2D eigenvalue weighted by Crippen LogP contribution is -2.43. The van der Waals surface area contributed by atoms with Gasteiger partial charge < -0.3 is 14.8 Å². The van der Waals surface area contributed by atoms with Crippen molar-refractivity contribution < 1.29 is 28.7 Å². The van der Waals surface area contributed by atoms with Crippen LogP contribution in [0.3, 0.4) is 0 Å². The number of carbonyl (C=O) groups excluding carboxylic acids is 4. The normalized spacial score (nSPS) is 10.2. The lowest BCUT2D eigenvalue weighted by atomic mass is 10.2. The van der Waals surface area contributed by atoms with Gasteiger partial charge in [-0.25, -0.2) is 0 Å². The van der Waals surface area contributed by atoms with Crippen LogP contribution in [0.1, 0.15) is 29.6 Å². The fraction of sp³-hybridized carbons (Fsp3) is 0.154. The van der Waals surface area contributed by atoms with Crippen LogP contribution in [0, 0.1) is 0 Å². The number of benzene rings is 3. The van der Waals surface area contributed by atoms with Crippen molar-refractivity contribution >= 4 is 56.9 Å². The SMILES string of the molecule is O=C(COC(=O)CCCC(=O)Nc1ccc(Oc2ccccc2Cl)cc1)NNC(=O)c1ccc(Br)cc1. The predicted molar refractivity (Wildman–Crippen MR) is 141 cm³/mol. The average Bonchev–Trinajstić information content (AvgIpc) is 2.89. The average molecular weight is 589 g/mol. The number of para-hydroxylation sites is 1. The van der Waals surface area contributed by atoms with Crippen molar-refractivity contribution in [3.63, 3.8) is 0 Å². The number of esters is 1. The van der Waals surface area contributed by atoms with Gasteiger partial charge in [0.25, 0.3) is 11.8 Å². The number of anilines is 1. The fourth-order valence-corrected chi connectivity index (χ4v) is 3.37. The van der Waals surface area contributed by atoms with Crippen LogP contribution < -0.4 is 20.9 Å². The molecule has 11 heteroatoms. The molecule has 0 bridgehead atoms. The third-order valence-corrected chi connectivity index (χ3v) is 5.61. The van der Waals surface area contributed by atoms with E-state index < -0.39 is 24.4 Å². The molecule has 0 radical (unpaired) electrons. The maximum Gasteiger partial charge on any atom is 0.306 e. The number of hydrogen-bond donors (Lipinski definition) is 3. The molecule has 3 rings (SSSR count). The molecule has 0 atom stereocenters. The van der Waals surface area contributed by atoms with Crippen LogP contribution in [0.15, 0.2) is 77.3 Å². The molecule has 9 nitrogen and oxygen atoms in total. The highest BCUT2D eigenvalue weighted by Crippen LogP contribution is 2.29. The summed E-state index contributed by atoms with van der Waals surface area (Å²) in [6.07, 6.45) is 0.277. The summed E-state index contributed by atoms with van der Waals surface area (Å²) in [5, 5.41) is 3.22. The fourth-order valence-electron chi connectivity index (χ4n) is 2.93. The van der Waals surface area contributed by atoms with Gasteiger partial charge in [-0.1, -0.05) is 39.7 Å². The van der Waals surface area contributed by atoms with Gasteiger partial charge in [-0.3, -0.25) is 30.0 Å². The minimum absolute atomic E-state index is 0.0451. The van der Waals surface area contributed by atoms with E-state index in [-0.39, 0.29) is 25.2 Å². The van der Waals surface area contributed by atoms with Crippen molar-refractivity contribution in [3.8, 4) is 11.5 Å². The van der Waals surface area contributed by atoms with E-state index in [1.54, 1.807) is 66.7 Å². The van der Waals surface area contributed by atoms with Gasteiger partial charge in [0.2, 0.25) is 5.91 Å². The largest absolute Gasteiger partial charge is 0.456 e. The summed E-state index contributed by atoms with van der Waals surface area (Å²) >= 11 is 9.34. The molecule has 0 unspecified atom stereocenters. The quantitative estimate of drug-likeness (QED) is 0.226. The van der Waals surface area contributed by atoms with Crippen molar-refractivity contribution in [2.75, 3.05) is 11.9 Å². The smallest absolute Gasteiger partial charge is 0.306 e. The summed E-state index contributed by atoms with van der Waals surface area (Å²) < 4.78 is 11.4. The third kappa shape index (κ3) is 9.59. The van der Waals surface area contributed by atoms with Crippen LogP contribution in [0.5, 0.6) is 11.5 Å². The molecule has 0 aliphatic rings. The van der Waals surface area contributed by atoms with E-state index in [2.05, 4.69) is 32.1 Å². The Labute approximate surface area is 226 Å². The van der Waals surface area contributed by atoms with E-state index >= 15 is 0 Å². The number of amides is 3. The first-order chi connectivity index (χ1) is 17.8. The van der Waals surface area contributed by atoms with Gasteiger partial charge in [0.05, 0.1) is 5.02 Å². The summed E-state index contributed by atoms with van der Waals surface area (Å²) in [7, 11) is 0. The van der Waals surface area contributed by atoms with Gasteiger partial charge in [0.15, 0.2) is 6.61 Å². The molecule has 37 heavy (non-hydrogen) atoms. The number of hydrogen-bond acceptors (Lipinski definition) is 6. The Morgan fingerprint density at radius 2 is 1.51 bits per heavy atom. The Bertz CT molecular complexity index is 1250. The number of halogens is 2. The van der Waals surface area contributed by atoms with Crippen LogP contribution >= 0.6 is 27.5 Å². The molecule has 3 aromatic rings. The highest BCUT2D eigenvalue weighted by molar-refractivity contribution is 9.10. The molecule has 0 saturated heterocycles. The van der Waals surface area contributed by atoms with Gasteiger partial charge in [0.1, 0.15) is 11.5 Å². The lowest BCUT2D eigenvalue weighted by molar-refractivity contribution is -0.148. The van der Waals surface area contributed by atoms with Crippen molar-refractivity contribution in [1.29, 1.82) is 0 Å². The van der Waals surface area contributed by atoms with Gasteiger partial charge in [0, 0.05) is 28.6 Å². The van der Waals surface area contributed by atoms with E-state index in [4.69, 9.17) is 21.1 Å². The standard InChI is InChI=1S/C26H23BrClN3O6/c27-18-10-8-17(9-11-18)26(35)31-30-24(33)16-36-25(34)7-3-6-23(32)29-19-12-14-20(15-13-19)37-22-5-2-1-4-21(22)28/h1-2,4-5,8-15H,3,6-7,16H2,(H,29,32)(H,30,33)(H,31,35). The van der Waals surface area contributed by atoms with Crippen LogP contribution in [-0.4, -0.2) is 30.3 Å². The van der Waals surface area contributed by atoms with Crippen LogP contribution in [0.25, 0.3) is 0 Å². The minimum atomic E-state index is -0.696. The van der Waals surface area contributed by atoms with E-state index in [9.17, 15) is 19.2 Å². The Balaban J connectivity index is 1.29. The zero-order valence-corrected chi connectivity index (χ0v) is 21.8. The van der Waals surface area contributed by atoms with Gasteiger partial charge >= 0.3 is 5.97 Å². The topological polar surface area (TPSA) is 123 Å². The Morgan fingerprint density at radius 3 is 2.22 bits per heavy atom. The van der Waals surface area contributed by atoms with Gasteiger partial charge in [-0.05, 0) is 67.1 Å². The van der Waals surface area contributed by atoms with Crippen LogP contribution in [0.4, 0.5) is 5.69 Å². The second-order valence-electron chi connectivity index (χ2n) is 7.63. The van der Waals surface area contributed by atoms with E-state index in [0.29, 0.717) is 27.8 Å². The molecule has 0 aliphatic heterocycles. The monoisotopic (exact) mass is 587 g/mol. The highest BCUT2D eigenvalue weighted by atomic mass is 79.9. The summed E-state index contributed by atoms with van der Waals surface area (Å²) in [6, 6.07) is 20.4. The highest BCUT2D eigenvalue weighted by Gasteiger charge is 2.11. The zero-order valence-electron chi connectivity index (χ0n) is 19.5. The summed E-state index contributed by atoms with van der Waals surface area (Å²) in [4.78, 5) is 47.7. The molecule has 0 aliphatic carbocycles. The van der Waals surface area contributed by atoms with Crippen LogP contribution in [-0.2, 0) is 19.1 Å². The molecule has 0 spiro atoms. The molecule has 0 fully saturated rings. The number of carbonyl (C=O) groups is 4. The van der Waals surface area contributed by atoms with Crippen LogP contribution in [0.2, 0.25) is 5.02 Å². The minimum Gasteiger partial charge on any atom is -0.456 e. The number of hydrazine groups is 1. The summed E-state index contributed by atoms with van der Waals surface area (Å²) in [5.74, 6) is -1.04. The van der Waals surface area contributed by atoms with Gasteiger partial charge in [-0.15, -0.1) is 0 Å². The zero-order chi connectivity index (χ0) is 26.6. The van der Waals surface area contributed by atoms with Crippen molar-refractivity contribution in [1.82, 2.24) is 10.9 Å². The van der Waals surface area contributed by atoms with Crippen molar-refractivity contribution in [2.24, 2.45) is 0 Å². The molecular weight excluding hydrogens is 566 g/mol. The first-order valence-electron chi connectivity index (χ1n) is 11.1. The lowest BCUT2D eigenvalue weighted by Gasteiger charge is -2.09. The first kappa shape index (κ1) is 27.7. The van der Waals surface area contributed by atoms with E-state index in [1.165, 1.54) is 0 Å². The molecule has 0 heterocycles. The maximum absolute atomic E-state index is 12.1. The molecule has 192 valence electrons.